The SMILES string of the molecule is C[C@@H]1[C@H](C)CCC[C@@H]1NC(=O)[C@@H](C)OC(=O)C1CCN(C(=O)c2ccc(F)cc2)CC1. The fourth-order valence-electron chi connectivity index (χ4n) is 4.50. The Morgan fingerprint density at radius 2 is 1.71 bits per heavy atom. The second-order valence-electron chi connectivity index (χ2n) is 9.03. The Balaban J connectivity index is 1.45. The molecule has 0 spiro atoms. The molecule has 7 heteroatoms. The zero-order valence-electron chi connectivity index (χ0n) is 18.6. The summed E-state index contributed by atoms with van der Waals surface area (Å²) in [5.41, 5.74) is 0.430. The number of benzene rings is 1. The van der Waals surface area contributed by atoms with Gasteiger partial charge in [-0.25, -0.2) is 4.39 Å². The van der Waals surface area contributed by atoms with E-state index in [-0.39, 0.29) is 35.6 Å². The van der Waals surface area contributed by atoms with E-state index in [1.54, 1.807) is 11.8 Å². The number of hydrogen-bond acceptors (Lipinski definition) is 4. The Kier molecular flexibility index (Phi) is 7.68. The first kappa shape index (κ1) is 23.2. The summed E-state index contributed by atoms with van der Waals surface area (Å²) in [7, 11) is 0. The lowest BCUT2D eigenvalue weighted by molar-refractivity contribution is -0.160. The Labute approximate surface area is 183 Å². The van der Waals surface area contributed by atoms with Gasteiger partial charge in [0.05, 0.1) is 5.92 Å². The average molecular weight is 433 g/mol. The van der Waals surface area contributed by atoms with E-state index in [4.69, 9.17) is 4.74 Å². The molecule has 0 bridgehead atoms. The van der Waals surface area contributed by atoms with E-state index >= 15 is 0 Å². The van der Waals surface area contributed by atoms with Gasteiger partial charge in [-0.2, -0.15) is 0 Å². The predicted octanol–water partition coefficient (Wildman–Crippen LogP) is 3.55. The van der Waals surface area contributed by atoms with E-state index < -0.39 is 6.10 Å². The maximum atomic E-state index is 13.1. The summed E-state index contributed by atoms with van der Waals surface area (Å²) in [6.07, 6.45) is 3.36. The minimum Gasteiger partial charge on any atom is -0.452 e. The van der Waals surface area contributed by atoms with Crippen molar-refractivity contribution in [2.45, 2.75) is 65.0 Å². The molecular weight excluding hydrogens is 399 g/mol. The standard InChI is InChI=1S/C24H33FN2O4/c1-15-5-4-6-21(16(15)2)26-22(28)17(3)31-24(30)19-11-13-27(14-12-19)23(29)18-7-9-20(25)10-8-18/h7-10,15-17,19,21H,4-6,11-14H2,1-3H3,(H,26,28)/t15-,16-,17-,21+/m1/s1. The van der Waals surface area contributed by atoms with Crippen LogP contribution in [0.15, 0.2) is 24.3 Å². The average Bonchev–Trinajstić information content (AvgIpc) is 2.77. The van der Waals surface area contributed by atoms with Crippen molar-refractivity contribution in [3.05, 3.63) is 35.6 Å². The first-order valence-electron chi connectivity index (χ1n) is 11.3. The molecule has 1 saturated carbocycles. The number of nitrogens with zero attached hydrogens (tertiary/aromatic N) is 1. The van der Waals surface area contributed by atoms with Gasteiger partial charge in [-0.1, -0.05) is 26.7 Å². The van der Waals surface area contributed by atoms with E-state index in [0.29, 0.717) is 43.3 Å². The molecular formula is C24H33FN2O4. The molecule has 6 nitrogen and oxygen atoms in total. The predicted molar refractivity (Wildman–Crippen MR) is 115 cm³/mol. The van der Waals surface area contributed by atoms with Gasteiger partial charge in [0.1, 0.15) is 5.82 Å². The first-order chi connectivity index (χ1) is 14.8. The molecule has 2 fully saturated rings. The number of rotatable bonds is 5. The number of halogens is 1. The van der Waals surface area contributed by atoms with Crippen LogP contribution in [0.4, 0.5) is 4.39 Å². The second-order valence-corrected chi connectivity index (χ2v) is 9.03. The highest BCUT2D eigenvalue weighted by atomic mass is 19.1. The third-order valence-electron chi connectivity index (χ3n) is 6.90. The second kappa shape index (κ2) is 10.2. The number of esters is 1. The van der Waals surface area contributed by atoms with Crippen molar-refractivity contribution in [1.29, 1.82) is 0 Å². The van der Waals surface area contributed by atoms with Crippen LogP contribution in [-0.4, -0.2) is 47.9 Å². The highest BCUT2D eigenvalue weighted by Gasteiger charge is 2.33. The zero-order valence-corrected chi connectivity index (χ0v) is 18.6. The molecule has 1 N–H and O–H groups in total. The van der Waals surface area contributed by atoms with Crippen molar-refractivity contribution in [3.63, 3.8) is 0 Å². The number of likely N-dealkylation sites (tertiary alicyclic amines) is 1. The van der Waals surface area contributed by atoms with Gasteiger partial charge in [0.2, 0.25) is 0 Å². The van der Waals surface area contributed by atoms with E-state index in [0.717, 1.165) is 12.8 Å². The van der Waals surface area contributed by atoms with Crippen molar-refractivity contribution >= 4 is 17.8 Å². The van der Waals surface area contributed by atoms with Crippen LogP contribution in [0, 0.1) is 23.6 Å². The Bertz CT molecular complexity index is 789. The van der Waals surface area contributed by atoms with Crippen LogP contribution in [0.3, 0.4) is 0 Å². The summed E-state index contributed by atoms with van der Waals surface area (Å²) in [4.78, 5) is 39.3. The van der Waals surface area contributed by atoms with Crippen LogP contribution < -0.4 is 5.32 Å². The lowest BCUT2D eigenvalue weighted by Crippen LogP contribution is -2.48. The van der Waals surface area contributed by atoms with Gasteiger partial charge in [0, 0.05) is 24.7 Å². The highest BCUT2D eigenvalue weighted by Crippen LogP contribution is 2.29. The molecule has 31 heavy (non-hydrogen) atoms. The summed E-state index contributed by atoms with van der Waals surface area (Å²) >= 11 is 0. The summed E-state index contributed by atoms with van der Waals surface area (Å²) in [6, 6.07) is 5.58. The molecule has 3 rings (SSSR count). The quantitative estimate of drug-likeness (QED) is 0.722. The fourth-order valence-corrected chi connectivity index (χ4v) is 4.50. The maximum Gasteiger partial charge on any atom is 0.309 e. The van der Waals surface area contributed by atoms with Crippen LogP contribution in [0.1, 0.15) is 63.2 Å². The lowest BCUT2D eigenvalue weighted by Gasteiger charge is -2.35. The summed E-state index contributed by atoms with van der Waals surface area (Å²) in [5, 5.41) is 3.06. The molecule has 1 aliphatic heterocycles. The third-order valence-corrected chi connectivity index (χ3v) is 6.90. The molecule has 2 aliphatic rings. The van der Waals surface area contributed by atoms with Gasteiger partial charge in [-0.3, -0.25) is 14.4 Å². The maximum absolute atomic E-state index is 13.1. The van der Waals surface area contributed by atoms with Crippen molar-refractivity contribution in [1.82, 2.24) is 10.2 Å². The molecule has 0 aromatic heterocycles. The fraction of sp³-hybridized carbons (Fsp3) is 0.625. The number of carbonyl (C=O) groups is 3. The van der Waals surface area contributed by atoms with Crippen molar-refractivity contribution in [2.75, 3.05) is 13.1 Å². The van der Waals surface area contributed by atoms with Crippen LogP contribution >= 0.6 is 0 Å². The van der Waals surface area contributed by atoms with Gasteiger partial charge in [0.25, 0.3) is 11.8 Å². The normalized spacial score (nSPS) is 25.5. The lowest BCUT2D eigenvalue weighted by atomic mass is 9.78. The minimum absolute atomic E-state index is 0.123. The smallest absolute Gasteiger partial charge is 0.309 e. The molecule has 1 aromatic carbocycles. The number of nitrogens with one attached hydrogen (secondary N) is 1. The number of ether oxygens (including phenoxy) is 1. The Morgan fingerprint density at radius 1 is 1.06 bits per heavy atom. The molecule has 2 amide bonds. The summed E-state index contributed by atoms with van der Waals surface area (Å²) in [6.45, 7) is 6.82. The number of piperidine rings is 1. The molecule has 1 aliphatic carbocycles. The first-order valence-corrected chi connectivity index (χ1v) is 11.3. The van der Waals surface area contributed by atoms with E-state index in [1.165, 1.54) is 30.7 Å². The number of carbonyl (C=O) groups excluding carboxylic acids is 3. The van der Waals surface area contributed by atoms with E-state index in [9.17, 15) is 18.8 Å². The Morgan fingerprint density at radius 3 is 2.35 bits per heavy atom. The highest BCUT2D eigenvalue weighted by molar-refractivity contribution is 5.94. The van der Waals surface area contributed by atoms with E-state index in [1.807, 2.05) is 0 Å². The molecule has 1 heterocycles. The number of hydrogen-bond donors (Lipinski definition) is 1. The van der Waals surface area contributed by atoms with Crippen LogP contribution in [-0.2, 0) is 14.3 Å². The summed E-state index contributed by atoms with van der Waals surface area (Å²) in [5.74, 6) is -0.548. The van der Waals surface area contributed by atoms with Crippen LogP contribution in [0.2, 0.25) is 0 Å². The number of amides is 2. The van der Waals surface area contributed by atoms with Gasteiger partial charge < -0.3 is 15.0 Å². The van der Waals surface area contributed by atoms with Crippen molar-refractivity contribution < 1.29 is 23.5 Å². The van der Waals surface area contributed by atoms with Crippen molar-refractivity contribution in [2.24, 2.45) is 17.8 Å². The Hall–Kier alpha value is -2.44. The minimum atomic E-state index is -0.837. The van der Waals surface area contributed by atoms with Gasteiger partial charge in [-0.15, -0.1) is 0 Å². The molecule has 0 unspecified atom stereocenters. The molecule has 170 valence electrons. The topological polar surface area (TPSA) is 75.7 Å². The molecule has 1 saturated heterocycles. The third kappa shape index (κ3) is 5.83. The van der Waals surface area contributed by atoms with Crippen LogP contribution in [0.5, 0.6) is 0 Å². The largest absolute Gasteiger partial charge is 0.452 e. The van der Waals surface area contributed by atoms with Crippen molar-refractivity contribution in [3.8, 4) is 0 Å². The molecule has 1 aromatic rings. The summed E-state index contributed by atoms with van der Waals surface area (Å²) < 4.78 is 18.5. The van der Waals surface area contributed by atoms with Gasteiger partial charge in [0.15, 0.2) is 6.10 Å². The molecule has 0 radical (unpaired) electrons. The molecule has 4 atom stereocenters. The van der Waals surface area contributed by atoms with Gasteiger partial charge in [-0.05, 0) is 62.3 Å². The monoisotopic (exact) mass is 432 g/mol. The zero-order chi connectivity index (χ0) is 22.5. The van der Waals surface area contributed by atoms with Gasteiger partial charge >= 0.3 is 5.97 Å². The van der Waals surface area contributed by atoms with E-state index in [2.05, 4.69) is 19.2 Å². The van der Waals surface area contributed by atoms with Crippen LogP contribution in [0.25, 0.3) is 0 Å².